The lowest BCUT2D eigenvalue weighted by Crippen LogP contribution is -2.57. The molecule has 6 amide bonds. The van der Waals surface area contributed by atoms with Crippen LogP contribution in [0, 0.1) is 5.92 Å². The van der Waals surface area contributed by atoms with E-state index in [9.17, 15) is 53.7 Å². The van der Waals surface area contributed by atoms with Gasteiger partial charge in [-0.15, -0.1) is 0 Å². The van der Waals surface area contributed by atoms with E-state index in [1.807, 2.05) is 0 Å². The number of hydrogen-bond donors (Lipinski definition) is 13. The summed E-state index contributed by atoms with van der Waals surface area (Å²) in [5, 5.41) is 57.9. The quantitative estimate of drug-likeness (QED) is 0.0203. The Morgan fingerprint density at radius 3 is 1.91 bits per heavy atom. The van der Waals surface area contributed by atoms with Crippen molar-refractivity contribution in [3.63, 3.8) is 0 Å². The van der Waals surface area contributed by atoms with Crippen LogP contribution in [0.1, 0.15) is 44.6 Å². The zero-order valence-electron chi connectivity index (χ0n) is 28.8. The van der Waals surface area contributed by atoms with Gasteiger partial charge in [0.2, 0.25) is 35.4 Å². The molecule has 0 fully saturated rings. The van der Waals surface area contributed by atoms with Crippen LogP contribution in [0.25, 0.3) is 0 Å². The number of carbonyl (C=O) groups is 8. The number of carboxylic acids is 2. The molecule has 1 aromatic rings. The van der Waals surface area contributed by atoms with Gasteiger partial charge in [-0.05, 0) is 50.2 Å². The number of hydrogen-bond acceptors (Lipinski definition) is 12. The second-order valence-corrected chi connectivity index (χ2v) is 11.9. The Hall–Kier alpha value is -5.97. The van der Waals surface area contributed by atoms with E-state index in [-0.39, 0.29) is 43.9 Å². The van der Waals surface area contributed by atoms with Crippen molar-refractivity contribution < 1.29 is 63.7 Å². The van der Waals surface area contributed by atoms with Crippen molar-refractivity contribution in [1.29, 1.82) is 0 Å². The van der Waals surface area contributed by atoms with Crippen molar-refractivity contribution in [3.8, 4) is 5.75 Å². The molecule has 0 radical (unpaired) electrons. The normalized spacial score (nSPS) is 13.4. The number of rotatable bonds is 24. The van der Waals surface area contributed by atoms with Crippen LogP contribution in [0.2, 0.25) is 6.32 Å². The summed E-state index contributed by atoms with van der Waals surface area (Å²) in [5.41, 5.74) is 16.4. The number of carboxylic acid groups (broad SMARTS) is 2. The van der Waals surface area contributed by atoms with Gasteiger partial charge in [0.15, 0.2) is 5.96 Å². The molecule has 1 rings (SSSR count). The van der Waals surface area contributed by atoms with E-state index in [1.165, 1.54) is 31.2 Å². The third kappa shape index (κ3) is 18.7. The first-order valence-corrected chi connectivity index (χ1v) is 16.2. The first kappa shape index (κ1) is 45.1. The molecule has 22 nitrogen and oxygen atoms in total. The van der Waals surface area contributed by atoms with Gasteiger partial charge in [0.1, 0.15) is 29.9 Å². The summed E-state index contributed by atoms with van der Waals surface area (Å²) in [6.07, 6.45) is -2.23. The van der Waals surface area contributed by atoms with Crippen molar-refractivity contribution in [2.45, 2.75) is 75.9 Å². The largest absolute Gasteiger partial charge is 0.508 e. The smallest absolute Gasteiger partial charge is 0.452 e. The number of aliphatic carboxylic acids is 2. The van der Waals surface area contributed by atoms with Crippen molar-refractivity contribution in [2.75, 3.05) is 13.1 Å². The summed E-state index contributed by atoms with van der Waals surface area (Å²) in [4.78, 5) is 103. The van der Waals surface area contributed by atoms with Crippen molar-refractivity contribution >= 4 is 60.5 Å². The lowest BCUT2D eigenvalue weighted by molar-refractivity contribution is -0.143. The molecule has 292 valence electrons. The Labute approximate surface area is 303 Å². The molecule has 16 N–H and O–H groups in total. The van der Waals surface area contributed by atoms with E-state index >= 15 is 0 Å². The Kier molecular flexibility index (Phi) is 19.4. The van der Waals surface area contributed by atoms with E-state index in [2.05, 4.69) is 31.6 Å². The maximum absolute atomic E-state index is 13.4. The van der Waals surface area contributed by atoms with Crippen molar-refractivity contribution in [1.82, 2.24) is 26.6 Å². The highest BCUT2D eigenvalue weighted by molar-refractivity contribution is 6.41. The molecule has 0 bridgehead atoms. The number of primary amides is 1. The third-order valence-corrected chi connectivity index (χ3v) is 7.37. The van der Waals surface area contributed by atoms with Gasteiger partial charge < -0.3 is 69.2 Å². The second kappa shape index (κ2) is 22.8. The molecular weight excluding hydrogens is 705 g/mol. The van der Waals surface area contributed by atoms with E-state index in [0.29, 0.717) is 5.56 Å². The molecule has 23 heteroatoms. The topological polar surface area (TPSA) is 388 Å². The molecule has 0 spiro atoms. The fraction of sp³-hybridized carbons (Fsp3) is 0.500. The van der Waals surface area contributed by atoms with Crippen molar-refractivity contribution in [3.05, 3.63) is 29.8 Å². The zero-order chi connectivity index (χ0) is 40.2. The first-order valence-electron chi connectivity index (χ1n) is 16.2. The van der Waals surface area contributed by atoms with Gasteiger partial charge in [0.25, 0.3) is 0 Å². The summed E-state index contributed by atoms with van der Waals surface area (Å²) < 4.78 is 0. The van der Waals surface area contributed by atoms with Crippen LogP contribution in [0.5, 0.6) is 5.75 Å². The number of aromatic hydroxyl groups is 1. The molecule has 1 aromatic carbocycles. The van der Waals surface area contributed by atoms with E-state index < -0.39 is 110 Å². The van der Waals surface area contributed by atoms with E-state index in [4.69, 9.17) is 27.2 Å². The first-order chi connectivity index (χ1) is 24.8. The van der Waals surface area contributed by atoms with Gasteiger partial charge in [-0.3, -0.25) is 38.6 Å². The lowest BCUT2D eigenvalue weighted by atomic mass is 9.77. The summed E-state index contributed by atoms with van der Waals surface area (Å²) in [5.74, 6) is -10.1. The average Bonchev–Trinajstić information content (AvgIpc) is 3.06. The minimum absolute atomic E-state index is 0.0221. The van der Waals surface area contributed by atoms with Gasteiger partial charge in [-0.2, -0.15) is 0 Å². The van der Waals surface area contributed by atoms with E-state index in [0.717, 1.165) is 0 Å². The summed E-state index contributed by atoms with van der Waals surface area (Å²) in [6.45, 7) is 0.534. The van der Waals surface area contributed by atoms with Gasteiger partial charge in [-0.25, -0.2) is 4.79 Å². The molecule has 53 heavy (non-hydrogen) atoms. The zero-order valence-corrected chi connectivity index (χ0v) is 28.8. The highest BCUT2D eigenvalue weighted by Gasteiger charge is 2.31. The fourth-order valence-corrected chi connectivity index (χ4v) is 4.59. The van der Waals surface area contributed by atoms with Crippen LogP contribution in [0.15, 0.2) is 29.3 Å². The number of carbonyl (C=O) groups excluding carboxylic acids is 6. The summed E-state index contributed by atoms with van der Waals surface area (Å²) in [6, 6.07) is -0.0449. The monoisotopic (exact) mass is 751 g/mol. The molecule has 0 aliphatic rings. The predicted octanol–water partition coefficient (Wildman–Crippen LogP) is -5.02. The van der Waals surface area contributed by atoms with Crippen LogP contribution < -0.4 is 43.8 Å². The number of phenols is 1. The van der Waals surface area contributed by atoms with Gasteiger partial charge in [0.05, 0.1) is 12.5 Å². The highest BCUT2D eigenvalue weighted by atomic mass is 16.4. The predicted molar refractivity (Wildman–Crippen MR) is 185 cm³/mol. The Morgan fingerprint density at radius 1 is 0.774 bits per heavy atom. The number of amides is 6. The average molecular weight is 752 g/mol. The van der Waals surface area contributed by atoms with Crippen LogP contribution in [0.3, 0.4) is 0 Å². The van der Waals surface area contributed by atoms with E-state index in [1.54, 1.807) is 0 Å². The molecular formula is C30H46BN9O13. The SMILES string of the molecule is C[C@H](NC(=O)[C@H](CCC(N)=O)NC(=O)[C@H](CCCN=C(N)N)NC(=O)CNC(=O)CC(CB(O)O)C(=O)O)C(=O)N[C@@H](Cc1ccc(O)cc1)C(=O)O. The molecule has 1 unspecified atom stereocenters. The molecule has 0 aliphatic carbocycles. The Morgan fingerprint density at radius 2 is 1.36 bits per heavy atom. The van der Waals surface area contributed by atoms with Crippen LogP contribution in [-0.4, -0.2) is 123 Å². The second-order valence-electron chi connectivity index (χ2n) is 11.9. The number of phenolic OH excluding ortho intramolecular Hbond substituents is 1. The minimum atomic E-state index is -1.99. The number of nitrogens with one attached hydrogen (secondary N) is 5. The molecule has 5 atom stereocenters. The lowest BCUT2D eigenvalue weighted by Gasteiger charge is -2.25. The maximum Gasteiger partial charge on any atom is 0.452 e. The molecule has 0 heterocycles. The number of nitrogens with two attached hydrogens (primary N) is 3. The maximum atomic E-state index is 13.4. The fourth-order valence-electron chi connectivity index (χ4n) is 4.59. The van der Waals surface area contributed by atoms with Crippen molar-refractivity contribution in [2.24, 2.45) is 28.1 Å². The highest BCUT2D eigenvalue weighted by Crippen LogP contribution is 2.13. The van der Waals surface area contributed by atoms with Gasteiger partial charge >= 0.3 is 19.1 Å². The number of nitrogens with zero attached hydrogens (tertiary/aromatic N) is 1. The molecule has 0 saturated carbocycles. The Balaban J connectivity index is 3.04. The van der Waals surface area contributed by atoms with Crippen LogP contribution >= 0.6 is 0 Å². The standard InChI is InChI=1S/C30H46BN9O13/c1-15(25(45)40-21(29(50)51)11-16-4-6-18(41)7-5-16)37-26(46)20(8-9-22(32)42)39-27(47)19(3-2-10-35-30(33)34)38-24(44)14-36-23(43)12-17(28(48)49)13-31(52)53/h4-7,15,17,19-21,41,52-53H,2-3,8-14H2,1H3,(H2,32,42)(H,36,43)(H,37,46)(H,38,44)(H,39,47)(H,40,45)(H,48,49)(H,50,51)(H4,33,34,35)/t15-,17?,19-,20-,21-/m0/s1. The summed E-state index contributed by atoms with van der Waals surface area (Å²) in [7, 11) is -1.99. The number of aliphatic imine (C=N–C) groups is 1. The van der Waals surface area contributed by atoms with Gasteiger partial charge in [0, 0.05) is 25.8 Å². The molecule has 0 saturated heterocycles. The van der Waals surface area contributed by atoms with Crippen LogP contribution in [-0.2, 0) is 44.8 Å². The number of guanidine groups is 1. The summed E-state index contributed by atoms with van der Waals surface area (Å²) >= 11 is 0. The van der Waals surface area contributed by atoms with Crippen LogP contribution in [0.4, 0.5) is 0 Å². The third-order valence-electron chi connectivity index (χ3n) is 7.37. The van der Waals surface area contributed by atoms with Gasteiger partial charge in [-0.1, -0.05) is 12.1 Å². The Bertz CT molecular complexity index is 1490. The molecule has 0 aliphatic heterocycles. The minimum Gasteiger partial charge on any atom is -0.508 e. The molecule has 0 aromatic heterocycles. The number of benzene rings is 1.